The summed E-state index contributed by atoms with van der Waals surface area (Å²) in [5.41, 5.74) is 7.33. The molecule has 5 heteroatoms. The number of anilines is 1. The van der Waals surface area contributed by atoms with Gasteiger partial charge in [0.1, 0.15) is 0 Å². The first-order chi connectivity index (χ1) is 10.0. The molecule has 4 nitrogen and oxygen atoms in total. The van der Waals surface area contributed by atoms with Crippen LogP contribution in [0.25, 0.3) is 0 Å². The zero-order chi connectivity index (χ0) is 15.2. The van der Waals surface area contributed by atoms with Crippen LogP contribution in [-0.4, -0.2) is 11.8 Å². The molecule has 0 unspecified atom stereocenters. The molecule has 0 fully saturated rings. The lowest BCUT2D eigenvalue weighted by Crippen LogP contribution is -2.13. The van der Waals surface area contributed by atoms with Crippen molar-refractivity contribution in [3.05, 3.63) is 64.1 Å². The van der Waals surface area contributed by atoms with Crippen molar-refractivity contribution >= 4 is 33.4 Å². The maximum absolute atomic E-state index is 11.9. The fraction of sp³-hybridized carbons (Fsp3) is 0.125. The van der Waals surface area contributed by atoms with E-state index in [1.807, 2.05) is 24.3 Å². The van der Waals surface area contributed by atoms with Gasteiger partial charge in [0.05, 0.1) is 0 Å². The van der Waals surface area contributed by atoms with Gasteiger partial charge in [-0.05, 0) is 48.4 Å². The Kier molecular flexibility index (Phi) is 5.11. The highest BCUT2D eigenvalue weighted by Gasteiger charge is 2.05. The van der Waals surface area contributed by atoms with Crippen LogP contribution in [-0.2, 0) is 11.2 Å². The van der Waals surface area contributed by atoms with E-state index in [0.717, 1.165) is 10.0 Å². The van der Waals surface area contributed by atoms with Gasteiger partial charge in [-0.3, -0.25) is 9.59 Å². The number of hydrogen-bond donors (Lipinski definition) is 2. The number of carbonyl (C=O) groups is 2. The summed E-state index contributed by atoms with van der Waals surface area (Å²) in [4.78, 5) is 22.8. The monoisotopic (exact) mass is 346 g/mol. The molecule has 3 N–H and O–H groups in total. The lowest BCUT2D eigenvalue weighted by Gasteiger charge is -2.06. The van der Waals surface area contributed by atoms with E-state index in [2.05, 4.69) is 21.2 Å². The normalized spacial score (nSPS) is 10.1. The zero-order valence-corrected chi connectivity index (χ0v) is 12.9. The second-order valence-corrected chi connectivity index (χ2v) is 5.54. The van der Waals surface area contributed by atoms with Crippen molar-refractivity contribution in [3.8, 4) is 0 Å². The summed E-state index contributed by atoms with van der Waals surface area (Å²) >= 11 is 3.40. The first-order valence-corrected chi connectivity index (χ1v) is 7.28. The molecule has 0 spiro atoms. The van der Waals surface area contributed by atoms with Crippen LogP contribution in [0.4, 0.5) is 5.69 Å². The van der Waals surface area contributed by atoms with Gasteiger partial charge in [0.15, 0.2) is 0 Å². The Morgan fingerprint density at radius 3 is 2.43 bits per heavy atom. The minimum absolute atomic E-state index is 0.0678. The van der Waals surface area contributed by atoms with E-state index in [-0.39, 0.29) is 5.91 Å². The molecule has 0 aromatic heterocycles. The number of hydrogen-bond acceptors (Lipinski definition) is 2. The topological polar surface area (TPSA) is 72.2 Å². The average molecular weight is 347 g/mol. The molecule has 0 bridgehead atoms. The third kappa shape index (κ3) is 4.72. The van der Waals surface area contributed by atoms with Crippen molar-refractivity contribution in [3.63, 3.8) is 0 Å². The smallest absolute Gasteiger partial charge is 0.248 e. The lowest BCUT2D eigenvalue weighted by atomic mass is 10.1. The Hall–Kier alpha value is -2.14. The van der Waals surface area contributed by atoms with Gasteiger partial charge >= 0.3 is 0 Å². The van der Waals surface area contributed by atoms with Gasteiger partial charge in [-0.2, -0.15) is 0 Å². The molecular weight excluding hydrogens is 332 g/mol. The molecule has 0 heterocycles. The summed E-state index contributed by atoms with van der Waals surface area (Å²) in [5.74, 6) is -0.552. The van der Waals surface area contributed by atoms with Crippen molar-refractivity contribution in [2.45, 2.75) is 12.8 Å². The fourth-order valence-electron chi connectivity index (χ4n) is 1.89. The molecule has 0 saturated heterocycles. The quantitative estimate of drug-likeness (QED) is 0.872. The maximum Gasteiger partial charge on any atom is 0.248 e. The summed E-state index contributed by atoms with van der Waals surface area (Å²) < 4.78 is 1.00. The Balaban J connectivity index is 1.88. The van der Waals surface area contributed by atoms with Crippen LogP contribution < -0.4 is 11.1 Å². The molecule has 0 aliphatic heterocycles. The first kappa shape index (κ1) is 15.3. The summed E-state index contributed by atoms with van der Waals surface area (Å²) in [5, 5.41) is 2.79. The number of aryl methyl sites for hydroxylation is 1. The summed E-state index contributed by atoms with van der Waals surface area (Å²) in [6.07, 6.45) is 1.07. The molecule has 0 radical (unpaired) electrons. The van der Waals surface area contributed by atoms with Gasteiger partial charge in [0.2, 0.25) is 11.8 Å². The number of halogens is 1. The van der Waals surface area contributed by atoms with Gasteiger partial charge in [-0.15, -0.1) is 0 Å². The Morgan fingerprint density at radius 2 is 1.81 bits per heavy atom. The summed E-state index contributed by atoms with van der Waals surface area (Å²) in [6.45, 7) is 0. The second kappa shape index (κ2) is 7.04. The van der Waals surface area contributed by atoms with E-state index in [1.54, 1.807) is 24.3 Å². The minimum Gasteiger partial charge on any atom is -0.366 e. The van der Waals surface area contributed by atoms with Crippen molar-refractivity contribution in [1.82, 2.24) is 0 Å². The predicted molar refractivity (Wildman–Crippen MR) is 86.1 cm³/mol. The SMILES string of the molecule is NC(=O)c1ccc(NC(=O)CCc2cccc(Br)c2)cc1. The lowest BCUT2D eigenvalue weighted by molar-refractivity contribution is -0.116. The molecule has 0 atom stereocenters. The van der Waals surface area contributed by atoms with E-state index in [0.29, 0.717) is 24.1 Å². The molecule has 0 aliphatic rings. The molecular formula is C16H15BrN2O2. The highest BCUT2D eigenvalue weighted by molar-refractivity contribution is 9.10. The largest absolute Gasteiger partial charge is 0.366 e. The number of primary amides is 1. The van der Waals surface area contributed by atoms with Gasteiger partial charge in [0, 0.05) is 22.1 Å². The van der Waals surface area contributed by atoms with Crippen molar-refractivity contribution in [2.24, 2.45) is 5.73 Å². The second-order valence-electron chi connectivity index (χ2n) is 4.62. The van der Waals surface area contributed by atoms with Crippen LogP contribution in [0.1, 0.15) is 22.3 Å². The molecule has 2 amide bonds. The maximum atomic E-state index is 11.9. The molecule has 2 rings (SSSR count). The third-order valence-electron chi connectivity index (χ3n) is 2.98. The minimum atomic E-state index is -0.484. The van der Waals surface area contributed by atoms with E-state index >= 15 is 0 Å². The van der Waals surface area contributed by atoms with Gasteiger partial charge in [-0.25, -0.2) is 0 Å². The van der Waals surface area contributed by atoms with Crippen molar-refractivity contribution in [2.75, 3.05) is 5.32 Å². The first-order valence-electron chi connectivity index (χ1n) is 6.49. The molecule has 21 heavy (non-hydrogen) atoms. The van der Waals surface area contributed by atoms with Crippen LogP contribution in [0, 0.1) is 0 Å². The zero-order valence-electron chi connectivity index (χ0n) is 11.3. The summed E-state index contributed by atoms with van der Waals surface area (Å²) in [7, 11) is 0. The van der Waals surface area contributed by atoms with Crippen LogP contribution >= 0.6 is 15.9 Å². The molecule has 0 saturated carbocycles. The Labute approximate surface area is 131 Å². The summed E-state index contributed by atoms with van der Waals surface area (Å²) in [6, 6.07) is 14.4. The van der Waals surface area contributed by atoms with Gasteiger partial charge in [0.25, 0.3) is 0 Å². The highest BCUT2D eigenvalue weighted by atomic mass is 79.9. The Morgan fingerprint density at radius 1 is 1.10 bits per heavy atom. The van der Waals surface area contributed by atoms with E-state index in [9.17, 15) is 9.59 Å². The van der Waals surface area contributed by atoms with Gasteiger partial charge in [-0.1, -0.05) is 28.1 Å². The Bertz CT molecular complexity index is 654. The number of nitrogens with one attached hydrogen (secondary N) is 1. The molecule has 108 valence electrons. The van der Waals surface area contributed by atoms with Gasteiger partial charge < -0.3 is 11.1 Å². The van der Waals surface area contributed by atoms with Crippen molar-refractivity contribution < 1.29 is 9.59 Å². The molecule has 2 aromatic rings. The van der Waals surface area contributed by atoms with E-state index in [1.165, 1.54) is 0 Å². The van der Waals surface area contributed by atoms with Crippen molar-refractivity contribution in [1.29, 1.82) is 0 Å². The number of carbonyl (C=O) groups excluding carboxylic acids is 2. The number of rotatable bonds is 5. The number of nitrogens with two attached hydrogens (primary N) is 1. The average Bonchev–Trinajstić information content (AvgIpc) is 2.46. The molecule has 0 aliphatic carbocycles. The molecule has 2 aromatic carbocycles. The third-order valence-corrected chi connectivity index (χ3v) is 3.48. The number of amides is 2. The fourth-order valence-corrected chi connectivity index (χ4v) is 2.34. The van der Waals surface area contributed by atoms with Crippen LogP contribution in [0.3, 0.4) is 0 Å². The van der Waals surface area contributed by atoms with Crippen LogP contribution in [0.2, 0.25) is 0 Å². The van der Waals surface area contributed by atoms with Crippen LogP contribution in [0.15, 0.2) is 53.0 Å². The van der Waals surface area contributed by atoms with E-state index < -0.39 is 5.91 Å². The predicted octanol–water partition coefficient (Wildman–Crippen LogP) is 3.12. The number of benzene rings is 2. The van der Waals surface area contributed by atoms with E-state index in [4.69, 9.17) is 5.73 Å². The standard InChI is InChI=1S/C16H15BrN2O2/c17-13-3-1-2-11(10-13)4-9-15(20)19-14-7-5-12(6-8-14)16(18)21/h1-3,5-8,10H,4,9H2,(H2,18,21)(H,19,20). The highest BCUT2D eigenvalue weighted by Crippen LogP contribution is 2.14. The van der Waals surface area contributed by atoms with Crippen LogP contribution in [0.5, 0.6) is 0 Å².